The molecule has 1 aromatic rings. The van der Waals surface area contributed by atoms with Gasteiger partial charge in [-0.05, 0) is 24.8 Å². The van der Waals surface area contributed by atoms with Crippen LogP contribution in [0.15, 0.2) is 30.3 Å². The molecule has 0 unspecified atom stereocenters. The number of benzene rings is 1. The van der Waals surface area contributed by atoms with Gasteiger partial charge in [0.05, 0.1) is 12.1 Å². The van der Waals surface area contributed by atoms with E-state index in [9.17, 15) is 9.90 Å². The van der Waals surface area contributed by atoms with Gasteiger partial charge >= 0.3 is 0 Å². The monoisotopic (exact) mass is 291 g/mol. The van der Waals surface area contributed by atoms with Crippen molar-refractivity contribution in [2.45, 2.75) is 59.1 Å². The first-order valence-electron chi connectivity index (χ1n) is 8.00. The molecular weight excluding hydrogens is 262 g/mol. The van der Waals surface area contributed by atoms with Crippen LogP contribution in [0.5, 0.6) is 0 Å². The number of aliphatic hydroxyl groups excluding tert-OH is 1. The molecule has 118 valence electrons. The third kappa shape index (κ3) is 5.50. The molecule has 21 heavy (non-hydrogen) atoms. The highest BCUT2D eigenvalue weighted by Crippen LogP contribution is 2.20. The summed E-state index contributed by atoms with van der Waals surface area (Å²) in [6.07, 6.45) is 2.71. The van der Waals surface area contributed by atoms with Crippen molar-refractivity contribution in [2.75, 3.05) is 0 Å². The molecule has 0 aromatic heterocycles. The van der Waals surface area contributed by atoms with Gasteiger partial charge in [-0.1, -0.05) is 63.9 Å². The van der Waals surface area contributed by atoms with Crippen LogP contribution >= 0.6 is 0 Å². The van der Waals surface area contributed by atoms with Crippen molar-refractivity contribution in [1.82, 2.24) is 5.32 Å². The van der Waals surface area contributed by atoms with Gasteiger partial charge in [0.25, 0.3) is 0 Å². The van der Waals surface area contributed by atoms with Crippen LogP contribution in [0.2, 0.25) is 0 Å². The van der Waals surface area contributed by atoms with Gasteiger partial charge in [-0.15, -0.1) is 0 Å². The van der Waals surface area contributed by atoms with Gasteiger partial charge in [-0.3, -0.25) is 4.79 Å². The van der Waals surface area contributed by atoms with Crippen LogP contribution in [-0.2, 0) is 4.79 Å². The molecule has 4 atom stereocenters. The van der Waals surface area contributed by atoms with Crippen LogP contribution in [0, 0.1) is 11.8 Å². The number of carbonyl (C=O) groups excluding carboxylic acids is 1. The Hall–Kier alpha value is -1.35. The van der Waals surface area contributed by atoms with Crippen LogP contribution in [0.25, 0.3) is 0 Å². The number of aliphatic hydroxyl groups is 1. The summed E-state index contributed by atoms with van der Waals surface area (Å²) >= 11 is 0. The highest BCUT2D eigenvalue weighted by molar-refractivity contribution is 5.78. The zero-order valence-electron chi connectivity index (χ0n) is 13.7. The molecule has 1 aromatic carbocycles. The Labute approximate surface area is 128 Å². The molecule has 0 saturated heterocycles. The number of nitrogens with one attached hydrogen (secondary N) is 1. The number of amides is 1. The fourth-order valence-electron chi connectivity index (χ4n) is 2.41. The zero-order chi connectivity index (χ0) is 15.8. The van der Waals surface area contributed by atoms with E-state index in [1.165, 1.54) is 0 Å². The number of carbonyl (C=O) groups is 1. The smallest absolute Gasteiger partial charge is 0.223 e. The summed E-state index contributed by atoms with van der Waals surface area (Å²) in [4.78, 5) is 12.3. The second-order valence-electron chi connectivity index (χ2n) is 6.06. The molecular formula is C18H29NO2. The molecule has 0 saturated carbocycles. The maximum absolute atomic E-state index is 12.3. The van der Waals surface area contributed by atoms with Gasteiger partial charge in [0, 0.05) is 5.92 Å². The lowest BCUT2D eigenvalue weighted by Gasteiger charge is -2.25. The summed E-state index contributed by atoms with van der Waals surface area (Å²) in [6, 6.07) is 9.16. The van der Waals surface area contributed by atoms with Crippen molar-refractivity contribution in [3.63, 3.8) is 0 Å². The van der Waals surface area contributed by atoms with E-state index in [-0.39, 0.29) is 17.9 Å². The lowest BCUT2D eigenvalue weighted by molar-refractivity contribution is -0.127. The van der Waals surface area contributed by atoms with E-state index in [1.807, 2.05) is 44.2 Å². The summed E-state index contributed by atoms with van der Waals surface area (Å²) < 4.78 is 0. The Morgan fingerprint density at radius 2 is 1.81 bits per heavy atom. The quantitative estimate of drug-likeness (QED) is 0.767. The van der Waals surface area contributed by atoms with Crippen molar-refractivity contribution < 1.29 is 9.90 Å². The number of unbranched alkanes of at least 4 members (excludes halogenated alkanes) is 1. The molecule has 0 aliphatic carbocycles. The summed E-state index contributed by atoms with van der Waals surface area (Å²) in [5, 5.41) is 13.2. The molecule has 0 bridgehead atoms. The van der Waals surface area contributed by atoms with Gasteiger partial charge in [0.2, 0.25) is 5.91 Å². The molecule has 0 spiro atoms. The Morgan fingerprint density at radius 1 is 1.19 bits per heavy atom. The zero-order valence-corrected chi connectivity index (χ0v) is 13.7. The molecule has 1 amide bonds. The molecule has 3 nitrogen and oxygen atoms in total. The second-order valence-corrected chi connectivity index (χ2v) is 6.06. The molecule has 1 rings (SSSR count). The maximum atomic E-state index is 12.3. The van der Waals surface area contributed by atoms with E-state index in [2.05, 4.69) is 19.2 Å². The highest BCUT2D eigenvalue weighted by atomic mass is 16.3. The molecule has 0 aliphatic heterocycles. The Morgan fingerprint density at radius 3 is 2.38 bits per heavy atom. The van der Waals surface area contributed by atoms with Gasteiger partial charge in [0.1, 0.15) is 0 Å². The third-order valence-corrected chi connectivity index (χ3v) is 4.26. The maximum Gasteiger partial charge on any atom is 0.223 e. The minimum absolute atomic E-state index is 0.0260. The van der Waals surface area contributed by atoms with Crippen molar-refractivity contribution in [3.8, 4) is 0 Å². The minimum atomic E-state index is -0.673. The van der Waals surface area contributed by atoms with Crippen LogP contribution in [-0.4, -0.2) is 17.1 Å². The van der Waals surface area contributed by atoms with Crippen molar-refractivity contribution in [3.05, 3.63) is 35.9 Å². The van der Waals surface area contributed by atoms with E-state index in [1.54, 1.807) is 0 Å². The summed E-state index contributed by atoms with van der Waals surface area (Å²) in [5.41, 5.74) is 0.831. The minimum Gasteiger partial charge on any atom is -0.386 e. The highest BCUT2D eigenvalue weighted by Gasteiger charge is 2.24. The van der Waals surface area contributed by atoms with Crippen LogP contribution in [0.4, 0.5) is 0 Å². The van der Waals surface area contributed by atoms with E-state index < -0.39 is 6.10 Å². The fraction of sp³-hybridized carbons (Fsp3) is 0.611. The number of rotatable bonds is 8. The number of hydrogen-bond donors (Lipinski definition) is 2. The first-order valence-corrected chi connectivity index (χ1v) is 8.00. The lowest BCUT2D eigenvalue weighted by atomic mass is 9.90. The summed E-state index contributed by atoms with van der Waals surface area (Å²) in [6.45, 7) is 8.10. The molecule has 0 heterocycles. The fourth-order valence-corrected chi connectivity index (χ4v) is 2.41. The van der Waals surface area contributed by atoms with Gasteiger partial charge < -0.3 is 10.4 Å². The van der Waals surface area contributed by atoms with Crippen LogP contribution in [0.3, 0.4) is 0 Å². The normalized spacial score (nSPS) is 16.8. The summed E-state index contributed by atoms with van der Waals surface area (Å²) in [7, 11) is 0. The Balaban J connectivity index is 2.53. The Kier molecular flexibility index (Phi) is 7.44. The first-order chi connectivity index (χ1) is 9.97. The van der Waals surface area contributed by atoms with Gasteiger partial charge in [-0.2, -0.15) is 0 Å². The van der Waals surface area contributed by atoms with E-state index >= 15 is 0 Å². The third-order valence-electron chi connectivity index (χ3n) is 4.26. The molecule has 3 heteroatoms. The molecule has 0 aliphatic rings. The molecule has 0 fully saturated rings. The average molecular weight is 291 g/mol. The van der Waals surface area contributed by atoms with Crippen LogP contribution in [0.1, 0.15) is 58.6 Å². The van der Waals surface area contributed by atoms with Gasteiger partial charge in [-0.25, -0.2) is 0 Å². The standard InChI is InChI=1S/C18H29NO2/c1-5-6-10-13(2)14(3)18(21)19-15(4)17(20)16-11-8-7-9-12-16/h7-9,11-15,17,20H,5-6,10H2,1-4H3,(H,19,21)/t13-,14+,15+,17+/m0/s1. The van der Waals surface area contributed by atoms with E-state index in [0.29, 0.717) is 5.92 Å². The average Bonchev–Trinajstić information content (AvgIpc) is 2.51. The molecule has 2 N–H and O–H groups in total. The van der Waals surface area contributed by atoms with E-state index in [4.69, 9.17) is 0 Å². The lowest BCUT2D eigenvalue weighted by Crippen LogP contribution is -2.41. The molecule has 0 radical (unpaired) electrons. The van der Waals surface area contributed by atoms with Crippen LogP contribution < -0.4 is 5.32 Å². The van der Waals surface area contributed by atoms with Gasteiger partial charge in [0.15, 0.2) is 0 Å². The predicted octanol–water partition coefficient (Wildman–Crippen LogP) is 3.69. The first kappa shape index (κ1) is 17.7. The van der Waals surface area contributed by atoms with Crippen molar-refractivity contribution in [1.29, 1.82) is 0 Å². The largest absolute Gasteiger partial charge is 0.386 e. The topological polar surface area (TPSA) is 49.3 Å². The van der Waals surface area contributed by atoms with E-state index in [0.717, 1.165) is 24.8 Å². The predicted molar refractivity (Wildman–Crippen MR) is 86.9 cm³/mol. The van der Waals surface area contributed by atoms with Crippen molar-refractivity contribution in [2.24, 2.45) is 11.8 Å². The van der Waals surface area contributed by atoms with Crippen molar-refractivity contribution >= 4 is 5.91 Å². The number of hydrogen-bond acceptors (Lipinski definition) is 2. The summed E-state index contributed by atoms with van der Waals surface area (Å²) in [5.74, 6) is 0.370. The SMILES string of the molecule is CCCC[C@H](C)[C@@H](C)C(=O)N[C@H](C)[C@@H](O)c1ccccc1. The Bertz CT molecular complexity index is 418. The second kappa shape index (κ2) is 8.83.